The standard InChI is InChI=1S/C29H33Cl2FN8O4/c1-4-9-42-16-39-5-7-40(8-6-39)27-18-10-23(30)34-28(44-26-19-12-33-37-21(19)11-20(32)24(26)31)25(18)35-29(36-27)43-15-17-13-38(2)14-22(17)41-3/h4,10-12,17,22H,1,5-9,13-16H2,2-3H3,(H,33,37)/t17-,22+/m1/s1. The summed E-state index contributed by atoms with van der Waals surface area (Å²) in [6.45, 7) is 9.54. The molecule has 4 aromatic rings. The third-order valence-electron chi connectivity index (χ3n) is 7.85. The molecule has 1 aromatic carbocycles. The Bertz CT molecular complexity index is 1650. The van der Waals surface area contributed by atoms with Gasteiger partial charge in [0.25, 0.3) is 0 Å². The van der Waals surface area contributed by atoms with Crippen LogP contribution in [0, 0.1) is 11.7 Å². The van der Waals surface area contributed by atoms with Crippen LogP contribution in [0.4, 0.5) is 10.2 Å². The summed E-state index contributed by atoms with van der Waals surface area (Å²) in [7, 11) is 3.75. The van der Waals surface area contributed by atoms with Crippen molar-refractivity contribution in [2.24, 2.45) is 5.92 Å². The molecule has 44 heavy (non-hydrogen) atoms. The average molecular weight is 648 g/mol. The highest BCUT2D eigenvalue weighted by molar-refractivity contribution is 6.33. The third-order valence-corrected chi connectivity index (χ3v) is 8.39. The topological polar surface area (TPSA) is 114 Å². The number of rotatable bonds is 11. The summed E-state index contributed by atoms with van der Waals surface area (Å²) in [6, 6.07) is 3.10. The number of H-pyrrole nitrogens is 1. The summed E-state index contributed by atoms with van der Waals surface area (Å²) in [5, 5.41) is 7.76. The predicted octanol–water partition coefficient (Wildman–Crippen LogP) is 4.38. The van der Waals surface area contributed by atoms with Crippen molar-refractivity contribution < 1.29 is 23.3 Å². The summed E-state index contributed by atoms with van der Waals surface area (Å²) in [6.07, 6.45) is 3.26. The second-order valence-electron chi connectivity index (χ2n) is 10.9. The summed E-state index contributed by atoms with van der Waals surface area (Å²) < 4.78 is 38.5. The number of pyridine rings is 1. The zero-order chi connectivity index (χ0) is 30.8. The van der Waals surface area contributed by atoms with Gasteiger partial charge in [-0.1, -0.05) is 29.3 Å². The number of hydrogen-bond donors (Lipinski definition) is 1. The Balaban J connectivity index is 1.38. The molecular weight excluding hydrogens is 614 g/mol. The molecule has 2 aliphatic heterocycles. The van der Waals surface area contributed by atoms with E-state index in [4.69, 9.17) is 52.1 Å². The van der Waals surface area contributed by atoms with Crippen LogP contribution in [0.2, 0.25) is 10.2 Å². The smallest absolute Gasteiger partial charge is 0.319 e. The number of halogens is 3. The molecule has 15 heteroatoms. The SMILES string of the molecule is C=CCOCN1CCN(c2nc(OC[C@H]3CN(C)C[C@@H]3OC)nc3c(Oc4c(Cl)c(F)cc5[nH]ncc45)nc(Cl)cc23)CC1. The Morgan fingerprint density at radius 1 is 1.11 bits per heavy atom. The van der Waals surface area contributed by atoms with Crippen molar-refractivity contribution >= 4 is 50.8 Å². The van der Waals surface area contributed by atoms with Gasteiger partial charge >= 0.3 is 6.01 Å². The lowest BCUT2D eigenvalue weighted by molar-refractivity contribution is 0.0405. The van der Waals surface area contributed by atoms with E-state index in [1.807, 2.05) is 7.05 Å². The van der Waals surface area contributed by atoms with E-state index in [2.05, 4.69) is 36.5 Å². The fraction of sp³-hybridized carbons (Fsp3) is 0.448. The van der Waals surface area contributed by atoms with Gasteiger partial charge in [0, 0.05) is 58.4 Å². The maximum Gasteiger partial charge on any atom is 0.319 e. The molecule has 0 radical (unpaired) electrons. The molecule has 5 heterocycles. The van der Waals surface area contributed by atoms with E-state index in [9.17, 15) is 4.39 Å². The molecule has 0 aliphatic carbocycles. The van der Waals surface area contributed by atoms with Crippen LogP contribution in [0.25, 0.3) is 21.8 Å². The number of aromatic amines is 1. The third kappa shape index (κ3) is 6.39. The number of likely N-dealkylation sites (tertiary alicyclic amines) is 1. The largest absolute Gasteiger partial charge is 0.463 e. The van der Waals surface area contributed by atoms with Crippen LogP contribution in [-0.4, -0.2) is 114 Å². The molecule has 2 fully saturated rings. The molecule has 2 atom stereocenters. The van der Waals surface area contributed by atoms with Crippen molar-refractivity contribution in [1.29, 1.82) is 0 Å². The first-order chi connectivity index (χ1) is 21.3. The minimum Gasteiger partial charge on any atom is -0.463 e. The van der Waals surface area contributed by atoms with Crippen molar-refractivity contribution in [3.8, 4) is 17.6 Å². The summed E-state index contributed by atoms with van der Waals surface area (Å²) in [5.74, 6) is 0.151. The first-order valence-electron chi connectivity index (χ1n) is 14.2. The van der Waals surface area contributed by atoms with Crippen molar-refractivity contribution in [3.05, 3.63) is 47.0 Å². The van der Waals surface area contributed by atoms with Crippen molar-refractivity contribution in [1.82, 2.24) is 34.9 Å². The second kappa shape index (κ2) is 13.3. The van der Waals surface area contributed by atoms with Crippen molar-refractivity contribution in [3.63, 3.8) is 0 Å². The zero-order valence-corrected chi connectivity index (χ0v) is 25.9. The fourth-order valence-corrected chi connectivity index (χ4v) is 6.00. The fourth-order valence-electron chi connectivity index (χ4n) is 5.62. The zero-order valence-electron chi connectivity index (χ0n) is 24.4. The molecule has 234 valence electrons. The van der Waals surface area contributed by atoms with Crippen LogP contribution < -0.4 is 14.4 Å². The highest BCUT2D eigenvalue weighted by Crippen LogP contribution is 2.41. The first kappa shape index (κ1) is 30.7. The van der Waals surface area contributed by atoms with Gasteiger partial charge in [-0.25, -0.2) is 4.39 Å². The Morgan fingerprint density at radius 3 is 2.70 bits per heavy atom. The van der Waals surface area contributed by atoms with Crippen molar-refractivity contribution in [2.45, 2.75) is 6.10 Å². The van der Waals surface area contributed by atoms with Gasteiger partial charge in [0.1, 0.15) is 27.3 Å². The number of methoxy groups -OCH3 is 1. The normalized spacial score (nSPS) is 19.7. The van der Waals surface area contributed by atoms with E-state index in [0.29, 0.717) is 60.7 Å². The van der Waals surface area contributed by atoms with Gasteiger partial charge in [0.2, 0.25) is 5.88 Å². The van der Waals surface area contributed by atoms with E-state index < -0.39 is 5.82 Å². The van der Waals surface area contributed by atoms with Gasteiger partial charge in [0.15, 0.2) is 5.75 Å². The number of hydrogen-bond acceptors (Lipinski definition) is 11. The van der Waals surface area contributed by atoms with Gasteiger partial charge in [-0.05, 0) is 13.1 Å². The molecule has 6 rings (SSSR count). The van der Waals surface area contributed by atoms with Gasteiger partial charge < -0.3 is 28.7 Å². The summed E-state index contributed by atoms with van der Waals surface area (Å²) >= 11 is 12.9. The molecule has 0 bridgehead atoms. The quantitative estimate of drug-likeness (QED) is 0.142. The number of anilines is 1. The van der Waals surface area contributed by atoms with E-state index in [0.717, 1.165) is 26.2 Å². The summed E-state index contributed by atoms with van der Waals surface area (Å²) in [5.41, 5.74) is 0.756. The lowest BCUT2D eigenvalue weighted by Gasteiger charge is -2.35. The number of piperazine rings is 1. The van der Waals surface area contributed by atoms with Crippen molar-refractivity contribution in [2.75, 3.05) is 78.3 Å². The monoisotopic (exact) mass is 646 g/mol. The van der Waals surface area contributed by atoms with Gasteiger partial charge in [-0.3, -0.25) is 10.00 Å². The average Bonchev–Trinajstić information content (AvgIpc) is 3.64. The molecule has 0 amide bonds. The maximum absolute atomic E-state index is 14.7. The van der Waals surface area contributed by atoms with Crippen LogP contribution in [0.15, 0.2) is 31.0 Å². The van der Waals surface area contributed by atoms with E-state index in [1.54, 1.807) is 19.3 Å². The molecule has 2 aliphatic rings. The predicted molar refractivity (Wildman–Crippen MR) is 166 cm³/mol. The van der Waals surface area contributed by atoms with Gasteiger partial charge in [-0.2, -0.15) is 20.1 Å². The highest BCUT2D eigenvalue weighted by atomic mass is 35.5. The number of ether oxygens (including phenoxy) is 4. The van der Waals surface area contributed by atoms with Crippen LogP contribution in [-0.2, 0) is 9.47 Å². The molecule has 2 saturated heterocycles. The Kier molecular flexibility index (Phi) is 9.31. The second-order valence-corrected chi connectivity index (χ2v) is 11.6. The molecule has 3 aromatic heterocycles. The number of likely N-dealkylation sites (N-methyl/N-ethyl adjacent to an activating group) is 1. The molecule has 0 saturated carbocycles. The minimum atomic E-state index is -0.673. The van der Waals surface area contributed by atoms with E-state index in [1.165, 1.54) is 12.3 Å². The summed E-state index contributed by atoms with van der Waals surface area (Å²) in [4.78, 5) is 20.6. The number of aromatic nitrogens is 5. The van der Waals surface area contributed by atoms with Crippen LogP contribution in [0.1, 0.15) is 0 Å². The van der Waals surface area contributed by atoms with Gasteiger partial charge in [0.05, 0.1) is 48.5 Å². The lowest BCUT2D eigenvalue weighted by Crippen LogP contribution is -2.47. The lowest BCUT2D eigenvalue weighted by atomic mass is 10.1. The molecular formula is C29H33Cl2FN8O4. The van der Waals surface area contributed by atoms with Crippen LogP contribution >= 0.6 is 23.2 Å². The molecule has 12 nitrogen and oxygen atoms in total. The van der Waals surface area contributed by atoms with E-state index in [-0.39, 0.29) is 39.8 Å². The Labute approximate surface area is 263 Å². The number of nitrogens with zero attached hydrogens (tertiary/aromatic N) is 7. The molecule has 0 unspecified atom stereocenters. The van der Waals surface area contributed by atoms with Gasteiger partial charge in [-0.15, -0.1) is 6.58 Å². The minimum absolute atomic E-state index is 0.0304. The first-order valence-corrected chi connectivity index (χ1v) is 15.0. The molecule has 1 N–H and O–H groups in total. The van der Waals surface area contributed by atoms with Crippen LogP contribution in [0.3, 0.4) is 0 Å². The number of benzene rings is 1. The maximum atomic E-state index is 14.7. The van der Waals surface area contributed by atoms with Crippen LogP contribution in [0.5, 0.6) is 17.6 Å². The molecule has 0 spiro atoms. The highest BCUT2D eigenvalue weighted by Gasteiger charge is 2.32. The Morgan fingerprint density at radius 2 is 1.93 bits per heavy atom. The number of nitrogens with one attached hydrogen (secondary N) is 1. The van der Waals surface area contributed by atoms with E-state index >= 15 is 0 Å². The number of fused-ring (bicyclic) bond motifs is 2. The Hall–Kier alpha value is -3.33.